The van der Waals surface area contributed by atoms with E-state index in [-0.39, 0.29) is 43.5 Å². The maximum Gasteiger partial charge on any atom is 0.243 e. The molecule has 0 aliphatic heterocycles. The first-order valence-electron chi connectivity index (χ1n) is 11.8. The summed E-state index contributed by atoms with van der Waals surface area (Å²) in [4.78, 5) is 11.0. The summed E-state index contributed by atoms with van der Waals surface area (Å²) in [5, 5.41) is 40.1. The Kier molecular flexibility index (Phi) is 12.1. The molecule has 0 spiro atoms. The highest BCUT2D eigenvalue weighted by molar-refractivity contribution is 5.74. The molecule has 0 bridgehead atoms. The number of carbonyl (C=O) groups excluding carboxylic acids is 1. The van der Waals surface area contributed by atoms with Gasteiger partial charge in [0.1, 0.15) is 6.10 Å². The Balaban J connectivity index is 1.86. The number of amides is 1. The lowest BCUT2D eigenvalue weighted by molar-refractivity contribution is -0.129. The molecule has 1 aromatic carbocycles. The summed E-state index contributed by atoms with van der Waals surface area (Å²) < 4.78 is 38.0. The summed E-state index contributed by atoms with van der Waals surface area (Å²) >= 11 is 0. The lowest BCUT2D eigenvalue weighted by Gasteiger charge is -2.27. The van der Waals surface area contributed by atoms with E-state index in [1.165, 1.54) is 19.2 Å². The van der Waals surface area contributed by atoms with Crippen LogP contribution < -0.4 is 10.2 Å². The van der Waals surface area contributed by atoms with Crippen molar-refractivity contribution < 1.29 is 43.6 Å². The van der Waals surface area contributed by atoms with Gasteiger partial charge in [0.25, 0.3) is 0 Å². The van der Waals surface area contributed by atoms with Gasteiger partial charge in [-0.1, -0.05) is 25.3 Å². The molecular formula is C24H37F2NO7. The first-order valence-corrected chi connectivity index (χ1v) is 11.8. The second-order valence-electron chi connectivity index (χ2n) is 8.99. The lowest BCUT2D eigenvalue weighted by atomic mass is 9.84. The Bertz CT molecular complexity index is 754. The Morgan fingerprint density at radius 1 is 1.12 bits per heavy atom. The van der Waals surface area contributed by atoms with E-state index in [9.17, 15) is 28.9 Å². The predicted molar refractivity (Wildman–Crippen MR) is 119 cm³/mol. The number of hydrogen-bond acceptors (Lipinski definition) is 7. The van der Waals surface area contributed by atoms with E-state index in [0.717, 1.165) is 25.3 Å². The fourth-order valence-corrected chi connectivity index (χ4v) is 4.73. The number of methoxy groups -OCH3 is 1. The zero-order chi connectivity index (χ0) is 25.1. The average molecular weight is 490 g/mol. The summed E-state index contributed by atoms with van der Waals surface area (Å²) in [5.41, 5.74) is 1.60. The molecule has 0 aromatic heterocycles. The van der Waals surface area contributed by atoms with E-state index in [2.05, 4.69) is 0 Å². The van der Waals surface area contributed by atoms with Crippen molar-refractivity contribution in [3.63, 3.8) is 0 Å². The molecule has 194 valence electrons. The van der Waals surface area contributed by atoms with E-state index >= 15 is 0 Å². The molecule has 1 aliphatic rings. The molecule has 0 heterocycles. The molecule has 1 fully saturated rings. The van der Waals surface area contributed by atoms with E-state index < -0.39 is 42.0 Å². The summed E-state index contributed by atoms with van der Waals surface area (Å²) in [5.74, 6) is -3.24. The molecule has 6 atom stereocenters. The molecule has 6 unspecified atom stereocenters. The highest BCUT2D eigenvalue weighted by Gasteiger charge is 2.41. The molecule has 0 radical (unpaired) electrons. The van der Waals surface area contributed by atoms with Crippen LogP contribution in [0.15, 0.2) is 18.2 Å². The fraction of sp³-hybridized carbons (Fsp3) is 0.708. The number of ether oxygens (including phenoxy) is 2. The topological polar surface area (TPSA) is 128 Å². The molecule has 1 aliphatic carbocycles. The second kappa shape index (κ2) is 14.5. The number of aliphatic hydroxyl groups excluding tert-OH is 3. The maximum absolute atomic E-state index is 14.0. The molecule has 2 rings (SSSR count). The Labute approximate surface area is 198 Å². The number of benzene rings is 1. The molecule has 1 saturated carbocycles. The minimum Gasteiger partial charge on any atom is -0.482 e. The molecule has 1 aromatic rings. The number of halogens is 2. The third-order valence-corrected chi connectivity index (χ3v) is 6.59. The Morgan fingerprint density at radius 2 is 1.79 bits per heavy atom. The van der Waals surface area contributed by atoms with Gasteiger partial charge in [0.05, 0.1) is 24.9 Å². The van der Waals surface area contributed by atoms with Crippen LogP contribution in [0.2, 0.25) is 0 Å². The minimum absolute atomic E-state index is 0.0370. The van der Waals surface area contributed by atoms with Crippen LogP contribution in [-0.4, -0.2) is 64.6 Å². The van der Waals surface area contributed by atoms with Gasteiger partial charge in [-0.3, -0.25) is 10.0 Å². The number of hydrogen-bond donors (Lipinski definition) is 5. The van der Waals surface area contributed by atoms with Crippen molar-refractivity contribution in [3.8, 4) is 5.75 Å². The number of carbonyl (C=O) groups is 1. The van der Waals surface area contributed by atoms with Gasteiger partial charge in [-0.05, 0) is 56.1 Å². The van der Waals surface area contributed by atoms with Gasteiger partial charge < -0.3 is 24.8 Å². The van der Waals surface area contributed by atoms with Gasteiger partial charge in [0.15, 0.2) is 11.6 Å². The van der Waals surface area contributed by atoms with Crippen molar-refractivity contribution in [2.45, 2.75) is 82.2 Å². The first kappa shape index (κ1) is 28.4. The van der Waals surface area contributed by atoms with E-state index in [4.69, 9.17) is 14.7 Å². The number of nitrogens with one attached hydrogen (secondary N) is 1. The first-order chi connectivity index (χ1) is 16.3. The molecule has 10 heteroatoms. The van der Waals surface area contributed by atoms with Crippen molar-refractivity contribution in [1.29, 1.82) is 0 Å². The van der Waals surface area contributed by atoms with Gasteiger partial charge in [0.2, 0.25) is 11.7 Å². The fourth-order valence-electron chi connectivity index (χ4n) is 4.73. The van der Waals surface area contributed by atoms with Gasteiger partial charge >= 0.3 is 0 Å². The number of aliphatic hydroxyl groups is 3. The zero-order valence-electron chi connectivity index (χ0n) is 19.5. The normalized spacial score (nSPS) is 24.1. The number of unbranched alkanes of at least 4 members (excludes halogenated alkanes) is 3. The van der Waals surface area contributed by atoms with Crippen molar-refractivity contribution >= 4 is 5.91 Å². The number of hydroxylamine groups is 1. The summed E-state index contributed by atoms with van der Waals surface area (Å²) in [7, 11) is 1.41. The monoisotopic (exact) mass is 489 g/mol. The van der Waals surface area contributed by atoms with Crippen molar-refractivity contribution in [3.05, 3.63) is 29.8 Å². The summed E-state index contributed by atoms with van der Waals surface area (Å²) in [6.45, 7) is -0.0370. The van der Waals surface area contributed by atoms with Gasteiger partial charge in [0, 0.05) is 13.5 Å². The van der Waals surface area contributed by atoms with Crippen molar-refractivity contribution in [1.82, 2.24) is 5.48 Å². The quantitative estimate of drug-likeness (QED) is 0.146. The molecule has 0 saturated heterocycles. The van der Waals surface area contributed by atoms with Crippen LogP contribution in [0.3, 0.4) is 0 Å². The van der Waals surface area contributed by atoms with Gasteiger partial charge in [-0.2, -0.15) is 4.39 Å². The Hall–Kier alpha value is -1.85. The zero-order valence-corrected chi connectivity index (χ0v) is 19.5. The number of rotatable bonds is 15. The highest BCUT2D eigenvalue weighted by atomic mass is 19.2. The molecule has 8 nitrogen and oxygen atoms in total. The van der Waals surface area contributed by atoms with Crippen molar-refractivity contribution in [2.75, 3.05) is 13.7 Å². The Morgan fingerprint density at radius 3 is 2.47 bits per heavy atom. The summed E-state index contributed by atoms with van der Waals surface area (Å²) in [6.07, 6.45) is 1.73. The second-order valence-corrected chi connectivity index (χ2v) is 8.99. The van der Waals surface area contributed by atoms with E-state index in [1.54, 1.807) is 5.48 Å². The largest absolute Gasteiger partial charge is 0.482 e. The SMILES string of the molecule is COCC(Oc1cccc(F)c1F)C(O)CCC1C(O)CC(O)C1CCCCCCC(=O)NO. The summed E-state index contributed by atoms with van der Waals surface area (Å²) in [6, 6.07) is 3.56. The van der Waals surface area contributed by atoms with Crippen LogP contribution in [-0.2, 0) is 9.53 Å². The van der Waals surface area contributed by atoms with Crippen LogP contribution in [0.25, 0.3) is 0 Å². The van der Waals surface area contributed by atoms with Crippen LogP contribution in [0.4, 0.5) is 8.78 Å². The smallest absolute Gasteiger partial charge is 0.243 e. The van der Waals surface area contributed by atoms with Crippen molar-refractivity contribution in [2.24, 2.45) is 11.8 Å². The standard InChI is InChI=1S/C24H37F2NO7/c1-33-14-22(34-21-9-6-8-17(25)24(21)26)18(28)12-11-16-15(19(29)13-20(16)30)7-4-2-3-5-10-23(31)27-32/h6,8-9,15-16,18-20,22,28-30,32H,2-5,7,10-14H2,1H3,(H,27,31). The van der Waals surface area contributed by atoms with Gasteiger partial charge in [-0.25, -0.2) is 9.87 Å². The van der Waals surface area contributed by atoms with E-state index in [1.807, 2.05) is 0 Å². The predicted octanol–water partition coefficient (Wildman–Crippen LogP) is 2.70. The van der Waals surface area contributed by atoms with Crippen LogP contribution in [0, 0.1) is 23.5 Å². The molecule has 1 amide bonds. The maximum atomic E-state index is 14.0. The lowest BCUT2D eigenvalue weighted by Crippen LogP contribution is -2.37. The van der Waals surface area contributed by atoms with Crippen LogP contribution in [0.5, 0.6) is 5.75 Å². The minimum atomic E-state index is -1.14. The third kappa shape index (κ3) is 8.42. The third-order valence-electron chi connectivity index (χ3n) is 6.59. The molecular weight excluding hydrogens is 452 g/mol. The van der Waals surface area contributed by atoms with Crippen LogP contribution >= 0.6 is 0 Å². The average Bonchev–Trinajstić information content (AvgIpc) is 3.08. The van der Waals surface area contributed by atoms with E-state index in [0.29, 0.717) is 19.3 Å². The highest BCUT2D eigenvalue weighted by Crippen LogP contribution is 2.39. The molecule has 5 N–H and O–H groups in total. The van der Waals surface area contributed by atoms with Gasteiger partial charge in [-0.15, -0.1) is 0 Å². The van der Waals surface area contributed by atoms with Crippen LogP contribution in [0.1, 0.15) is 57.8 Å². The molecule has 34 heavy (non-hydrogen) atoms.